The third-order valence-electron chi connectivity index (χ3n) is 2.13. The number of esters is 1. The van der Waals surface area contributed by atoms with Crippen molar-refractivity contribution in [2.75, 3.05) is 0 Å². The molecule has 0 aliphatic carbocycles. The number of carbonyl (C=O) groups is 1. The van der Waals surface area contributed by atoms with E-state index in [1.165, 1.54) is 0 Å². The lowest BCUT2D eigenvalue weighted by Crippen LogP contribution is -1.96. The Morgan fingerprint density at radius 1 is 1.62 bits per heavy atom. The van der Waals surface area contributed by atoms with Crippen molar-refractivity contribution in [1.82, 2.24) is 4.98 Å². The molecule has 0 aromatic carbocycles. The van der Waals surface area contributed by atoms with Crippen LogP contribution in [0, 0.1) is 0 Å². The Kier molecular flexibility index (Phi) is 2.00. The minimum atomic E-state index is -0.236. The summed E-state index contributed by atoms with van der Waals surface area (Å²) < 4.78 is 4.85. The Hall–Kier alpha value is -1.38. The predicted molar refractivity (Wildman–Crippen MR) is 47.4 cm³/mol. The number of aromatic nitrogens is 1. The fourth-order valence-corrected chi connectivity index (χ4v) is 1.47. The Morgan fingerprint density at radius 2 is 2.46 bits per heavy atom. The average Bonchev–Trinajstić information content (AvgIpc) is 2.49. The molecule has 1 aromatic rings. The van der Waals surface area contributed by atoms with Crippen LogP contribution in [0.4, 0.5) is 0 Å². The first-order valence-corrected chi connectivity index (χ1v) is 4.46. The van der Waals surface area contributed by atoms with Gasteiger partial charge in [0.1, 0.15) is 6.61 Å². The average molecular weight is 177 g/mol. The monoisotopic (exact) mass is 177 g/mol. The van der Waals surface area contributed by atoms with Crippen LogP contribution in [0.1, 0.15) is 35.0 Å². The van der Waals surface area contributed by atoms with Gasteiger partial charge in [0.05, 0.1) is 11.3 Å². The molecule has 2 heterocycles. The highest BCUT2D eigenvalue weighted by Gasteiger charge is 2.22. The van der Waals surface area contributed by atoms with Crippen molar-refractivity contribution in [2.24, 2.45) is 0 Å². The van der Waals surface area contributed by atoms with E-state index in [4.69, 9.17) is 4.74 Å². The van der Waals surface area contributed by atoms with Crippen molar-refractivity contribution in [3.8, 4) is 0 Å². The van der Waals surface area contributed by atoms with Crippen LogP contribution in [0.2, 0.25) is 0 Å². The quantitative estimate of drug-likeness (QED) is 0.645. The fraction of sp³-hybridized carbons (Fsp3) is 0.400. The van der Waals surface area contributed by atoms with Crippen LogP contribution in [0.25, 0.3) is 0 Å². The maximum atomic E-state index is 11.2. The maximum absolute atomic E-state index is 11.2. The van der Waals surface area contributed by atoms with E-state index in [1.807, 2.05) is 12.3 Å². The summed E-state index contributed by atoms with van der Waals surface area (Å²) in [7, 11) is 0. The predicted octanol–water partition coefficient (Wildman–Crippen LogP) is 1.70. The maximum Gasteiger partial charge on any atom is 0.340 e. The van der Waals surface area contributed by atoms with Gasteiger partial charge in [-0.3, -0.25) is 4.98 Å². The van der Waals surface area contributed by atoms with E-state index < -0.39 is 0 Å². The van der Waals surface area contributed by atoms with E-state index in [0.29, 0.717) is 12.2 Å². The molecule has 0 bridgehead atoms. The molecule has 2 rings (SSSR count). The van der Waals surface area contributed by atoms with Crippen LogP contribution >= 0.6 is 0 Å². The van der Waals surface area contributed by atoms with E-state index in [9.17, 15) is 4.79 Å². The molecular formula is C10H11NO2. The lowest BCUT2D eigenvalue weighted by molar-refractivity contribution is 0.0533. The van der Waals surface area contributed by atoms with Gasteiger partial charge in [-0.25, -0.2) is 4.79 Å². The molecule has 0 saturated heterocycles. The summed E-state index contributed by atoms with van der Waals surface area (Å²) in [5.74, 6) is -0.236. The SMILES string of the molecule is CCCc1cnc2c(c1)C(=O)OC2. The number of pyridine rings is 1. The van der Waals surface area contributed by atoms with Crippen molar-refractivity contribution >= 4 is 5.97 Å². The van der Waals surface area contributed by atoms with Gasteiger partial charge >= 0.3 is 5.97 Å². The summed E-state index contributed by atoms with van der Waals surface area (Å²) in [6.45, 7) is 2.44. The topological polar surface area (TPSA) is 39.2 Å². The van der Waals surface area contributed by atoms with Gasteiger partial charge in [-0.2, -0.15) is 0 Å². The number of nitrogens with zero attached hydrogens (tertiary/aromatic N) is 1. The van der Waals surface area contributed by atoms with Crippen LogP contribution in [0.15, 0.2) is 12.3 Å². The van der Waals surface area contributed by atoms with Crippen molar-refractivity contribution in [2.45, 2.75) is 26.4 Å². The number of aryl methyl sites for hydroxylation is 1. The minimum Gasteiger partial charge on any atom is -0.456 e. The van der Waals surface area contributed by atoms with Crippen molar-refractivity contribution < 1.29 is 9.53 Å². The second-order valence-electron chi connectivity index (χ2n) is 3.16. The number of ether oxygens (including phenoxy) is 1. The van der Waals surface area contributed by atoms with Gasteiger partial charge in [-0.15, -0.1) is 0 Å². The Labute approximate surface area is 76.7 Å². The van der Waals surface area contributed by atoms with Crippen molar-refractivity contribution in [3.63, 3.8) is 0 Å². The first-order valence-electron chi connectivity index (χ1n) is 4.46. The van der Waals surface area contributed by atoms with Crippen molar-refractivity contribution in [1.29, 1.82) is 0 Å². The second kappa shape index (κ2) is 3.17. The summed E-state index contributed by atoms with van der Waals surface area (Å²) in [4.78, 5) is 15.3. The Bertz CT molecular complexity index is 347. The molecule has 1 aliphatic heterocycles. The van der Waals surface area contributed by atoms with Crippen LogP contribution in [0.3, 0.4) is 0 Å². The third-order valence-corrected chi connectivity index (χ3v) is 2.13. The first-order chi connectivity index (χ1) is 6.31. The van der Waals surface area contributed by atoms with E-state index in [0.717, 1.165) is 24.1 Å². The van der Waals surface area contributed by atoms with Gasteiger partial charge in [-0.05, 0) is 18.1 Å². The highest BCUT2D eigenvalue weighted by molar-refractivity contribution is 5.92. The van der Waals surface area contributed by atoms with E-state index in [1.54, 1.807) is 0 Å². The minimum absolute atomic E-state index is 0.236. The number of hydrogen-bond donors (Lipinski definition) is 0. The summed E-state index contributed by atoms with van der Waals surface area (Å²) >= 11 is 0. The molecule has 0 atom stereocenters. The Balaban J connectivity index is 2.36. The largest absolute Gasteiger partial charge is 0.456 e. The van der Waals surface area contributed by atoms with Gasteiger partial charge < -0.3 is 4.74 Å². The van der Waals surface area contributed by atoms with Gasteiger partial charge in [0.2, 0.25) is 0 Å². The second-order valence-corrected chi connectivity index (χ2v) is 3.16. The molecule has 1 aromatic heterocycles. The van der Waals surface area contributed by atoms with Gasteiger partial charge in [0.15, 0.2) is 0 Å². The molecule has 0 N–H and O–H groups in total. The number of cyclic esters (lactones) is 1. The molecule has 68 valence electrons. The molecule has 3 nitrogen and oxygen atoms in total. The lowest BCUT2D eigenvalue weighted by atomic mass is 10.1. The Morgan fingerprint density at radius 3 is 3.23 bits per heavy atom. The third kappa shape index (κ3) is 1.41. The summed E-state index contributed by atoms with van der Waals surface area (Å²) in [6, 6.07) is 1.89. The number of hydrogen-bond acceptors (Lipinski definition) is 3. The highest BCUT2D eigenvalue weighted by atomic mass is 16.5. The molecular weight excluding hydrogens is 166 g/mol. The smallest absolute Gasteiger partial charge is 0.340 e. The van der Waals surface area contributed by atoms with Crippen LogP contribution in [-0.4, -0.2) is 11.0 Å². The lowest BCUT2D eigenvalue weighted by Gasteiger charge is -1.98. The first kappa shape index (κ1) is 8.23. The zero-order valence-electron chi connectivity index (χ0n) is 7.54. The molecule has 0 radical (unpaired) electrons. The molecule has 3 heteroatoms. The summed E-state index contributed by atoms with van der Waals surface area (Å²) in [5.41, 5.74) is 2.52. The molecule has 0 amide bonds. The zero-order valence-corrected chi connectivity index (χ0v) is 7.54. The van der Waals surface area contributed by atoms with Gasteiger partial charge in [-0.1, -0.05) is 13.3 Å². The molecule has 13 heavy (non-hydrogen) atoms. The number of carbonyl (C=O) groups excluding carboxylic acids is 1. The van der Waals surface area contributed by atoms with Crippen LogP contribution < -0.4 is 0 Å². The standard InChI is InChI=1S/C10H11NO2/c1-2-3-7-4-8-9(11-5-7)6-13-10(8)12/h4-5H,2-3,6H2,1H3. The van der Waals surface area contributed by atoms with Crippen LogP contribution in [0.5, 0.6) is 0 Å². The van der Waals surface area contributed by atoms with Gasteiger partial charge in [0.25, 0.3) is 0 Å². The van der Waals surface area contributed by atoms with Crippen molar-refractivity contribution in [3.05, 3.63) is 29.1 Å². The van der Waals surface area contributed by atoms with Gasteiger partial charge in [0, 0.05) is 6.20 Å². The molecule has 1 aliphatic rings. The summed E-state index contributed by atoms with van der Waals surface area (Å²) in [5, 5.41) is 0. The van der Waals surface area contributed by atoms with E-state index in [2.05, 4.69) is 11.9 Å². The molecule has 0 spiro atoms. The van der Waals surface area contributed by atoms with E-state index >= 15 is 0 Å². The number of fused-ring (bicyclic) bond motifs is 1. The highest BCUT2D eigenvalue weighted by Crippen LogP contribution is 2.18. The zero-order chi connectivity index (χ0) is 9.26. The fourth-order valence-electron chi connectivity index (χ4n) is 1.47. The summed E-state index contributed by atoms with van der Waals surface area (Å²) in [6.07, 6.45) is 3.85. The van der Waals surface area contributed by atoms with Crippen LogP contribution in [-0.2, 0) is 17.8 Å². The van der Waals surface area contributed by atoms with E-state index in [-0.39, 0.29) is 5.97 Å². The molecule has 0 saturated carbocycles. The number of rotatable bonds is 2. The molecule has 0 fully saturated rings. The molecule has 0 unspecified atom stereocenters. The normalized spacial score (nSPS) is 14.1.